The van der Waals surface area contributed by atoms with Crippen LogP contribution in [0.4, 0.5) is 0 Å². The predicted octanol–water partition coefficient (Wildman–Crippen LogP) is 3.65. The number of rotatable bonds is 2. The van der Waals surface area contributed by atoms with Crippen LogP contribution >= 0.6 is 11.6 Å². The molecule has 0 aromatic heterocycles. The van der Waals surface area contributed by atoms with E-state index >= 15 is 0 Å². The van der Waals surface area contributed by atoms with Gasteiger partial charge in [-0.3, -0.25) is 4.79 Å². The number of carbonyl (C=O) groups is 1. The number of hydrogen-bond acceptors (Lipinski definition) is 2. The fourth-order valence-corrected chi connectivity index (χ4v) is 2.59. The molecule has 1 aromatic rings. The lowest BCUT2D eigenvalue weighted by Gasteiger charge is -2.12. The largest absolute Gasteiger partial charge is 0.493 e. The van der Waals surface area contributed by atoms with Crippen LogP contribution in [0.2, 0.25) is 5.02 Å². The molecule has 3 heteroatoms. The van der Waals surface area contributed by atoms with E-state index in [1.165, 1.54) is 0 Å². The molecule has 2 nitrogen and oxygen atoms in total. The molecule has 0 radical (unpaired) electrons. The Morgan fingerprint density at radius 2 is 2.12 bits per heavy atom. The number of aryl methyl sites for hydroxylation is 1. The highest BCUT2D eigenvalue weighted by molar-refractivity contribution is 6.31. The monoisotopic (exact) mass is 250 g/mol. The standard InChI is InChI=1S/C14H15ClO2/c15-11-7-10-3-1-2-6-17-14(10)12(8-11)13(16)9-4-5-9/h7-9H,1-6H2. The Bertz CT molecular complexity index is 464. The van der Waals surface area contributed by atoms with Gasteiger partial charge in [0.2, 0.25) is 0 Å². The van der Waals surface area contributed by atoms with Crippen LogP contribution in [0.3, 0.4) is 0 Å². The Morgan fingerprint density at radius 1 is 1.29 bits per heavy atom. The van der Waals surface area contributed by atoms with Gasteiger partial charge in [0.05, 0.1) is 12.2 Å². The van der Waals surface area contributed by atoms with Crippen LogP contribution in [-0.2, 0) is 6.42 Å². The molecule has 0 spiro atoms. The van der Waals surface area contributed by atoms with Crippen LogP contribution in [0.25, 0.3) is 0 Å². The zero-order valence-corrected chi connectivity index (χ0v) is 10.4. The first-order valence-corrected chi connectivity index (χ1v) is 6.63. The van der Waals surface area contributed by atoms with Gasteiger partial charge in [0.1, 0.15) is 5.75 Å². The molecule has 0 saturated heterocycles. The average molecular weight is 251 g/mol. The van der Waals surface area contributed by atoms with E-state index in [9.17, 15) is 4.79 Å². The summed E-state index contributed by atoms with van der Waals surface area (Å²) in [7, 11) is 0. The average Bonchev–Trinajstić information content (AvgIpc) is 3.13. The quantitative estimate of drug-likeness (QED) is 0.749. The van der Waals surface area contributed by atoms with Crippen molar-refractivity contribution in [2.75, 3.05) is 6.61 Å². The number of Topliss-reactive ketones (excluding diaryl/α,β-unsaturated/α-hetero) is 1. The third kappa shape index (κ3) is 2.19. The number of halogens is 1. The van der Waals surface area contributed by atoms with E-state index in [1.807, 2.05) is 6.07 Å². The van der Waals surface area contributed by atoms with E-state index in [0.29, 0.717) is 17.2 Å². The molecule has 1 aromatic carbocycles. The van der Waals surface area contributed by atoms with E-state index in [1.54, 1.807) is 6.07 Å². The highest BCUT2D eigenvalue weighted by atomic mass is 35.5. The molecule has 17 heavy (non-hydrogen) atoms. The Labute approximate surface area is 106 Å². The molecule has 0 amide bonds. The van der Waals surface area contributed by atoms with Crippen molar-refractivity contribution in [3.05, 3.63) is 28.3 Å². The lowest BCUT2D eigenvalue weighted by Crippen LogP contribution is -2.07. The highest BCUT2D eigenvalue weighted by Crippen LogP contribution is 2.38. The number of carbonyl (C=O) groups excluding carboxylic acids is 1. The van der Waals surface area contributed by atoms with Gasteiger partial charge in [-0.05, 0) is 49.8 Å². The van der Waals surface area contributed by atoms with E-state index in [4.69, 9.17) is 16.3 Å². The van der Waals surface area contributed by atoms with Crippen LogP contribution in [0.5, 0.6) is 5.75 Å². The van der Waals surface area contributed by atoms with Crippen LogP contribution in [0.15, 0.2) is 12.1 Å². The van der Waals surface area contributed by atoms with Crippen LogP contribution < -0.4 is 4.74 Å². The molecular formula is C14H15ClO2. The molecule has 0 unspecified atom stereocenters. The van der Waals surface area contributed by atoms with Gasteiger partial charge < -0.3 is 4.74 Å². The highest BCUT2D eigenvalue weighted by Gasteiger charge is 2.33. The van der Waals surface area contributed by atoms with Gasteiger partial charge >= 0.3 is 0 Å². The van der Waals surface area contributed by atoms with Gasteiger partial charge in [-0.2, -0.15) is 0 Å². The lowest BCUT2D eigenvalue weighted by molar-refractivity contribution is 0.0963. The van der Waals surface area contributed by atoms with Crippen LogP contribution in [0, 0.1) is 5.92 Å². The van der Waals surface area contributed by atoms with Gasteiger partial charge in [-0.25, -0.2) is 0 Å². The molecule has 1 aliphatic heterocycles. The first kappa shape index (κ1) is 11.1. The normalized spacial score (nSPS) is 19.1. The maximum Gasteiger partial charge on any atom is 0.169 e. The summed E-state index contributed by atoms with van der Waals surface area (Å²) >= 11 is 6.10. The van der Waals surface area contributed by atoms with Gasteiger partial charge in [-0.15, -0.1) is 0 Å². The van der Waals surface area contributed by atoms with E-state index in [2.05, 4.69) is 0 Å². The number of benzene rings is 1. The molecule has 1 fully saturated rings. The van der Waals surface area contributed by atoms with Gasteiger partial charge in [0, 0.05) is 10.9 Å². The van der Waals surface area contributed by atoms with Crippen molar-refractivity contribution in [2.45, 2.75) is 32.1 Å². The van der Waals surface area contributed by atoms with Crippen LogP contribution in [0.1, 0.15) is 41.6 Å². The molecule has 1 aliphatic carbocycles. The SMILES string of the molecule is O=C(c1cc(Cl)cc2c1OCCCC2)C1CC1. The Hall–Kier alpha value is -1.02. The Kier molecular flexibility index (Phi) is 2.83. The molecule has 0 bridgehead atoms. The van der Waals surface area contributed by atoms with E-state index in [0.717, 1.165) is 43.4 Å². The molecule has 1 heterocycles. The predicted molar refractivity (Wildman–Crippen MR) is 66.9 cm³/mol. The maximum atomic E-state index is 12.2. The van der Waals surface area contributed by atoms with E-state index < -0.39 is 0 Å². The van der Waals surface area contributed by atoms with Crippen molar-refractivity contribution in [3.63, 3.8) is 0 Å². The number of ether oxygens (including phenoxy) is 1. The fraction of sp³-hybridized carbons (Fsp3) is 0.500. The summed E-state index contributed by atoms with van der Waals surface area (Å²) in [6, 6.07) is 3.71. The second-order valence-corrected chi connectivity index (χ2v) is 5.32. The minimum absolute atomic E-state index is 0.212. The van der Waals surface area contributed by atoms with E-state index in [-0.39, 0.29) is 11.7 Å². The summed E-state index contributed by atoms with van der Waals surface area (Å²) in [5.41, 5.74) is 1.80. The number of ketones is 1. The lowest BCUT2D eigenvalue weighted by atomic mass is 10.00. The zero-order valence-electron chi connectivity index (χ0n) is 9.67. The molecule has 0 N–H and O–H groups in total. The molecule has 3 rings (SSSR count). The molecule has 90 valence electrons. The minimum atomic E-state index is 0.212. The molecule has 1 saturated carbocycles. The van der Waals surface area contributed by atoms with Crippen molar-refractivity contribution in [1.29, 1.82) is 0 Å². The number of hydrogen-bond donors (Lipinski definition) is 0. The Morgan fingerprint density at radius 3 is 2.88 bits per heavy atom. The zero-order chi connectivity index (χ0) is 11.8. The molecular weight excluding hydrogens is 236 g/mol. The van der Waals surface area contributed by atoms with Crippen molar-refractivity contribution >= 4 is 17.4 Å². The van der Waals surface area contributed by atoms with Crippen molar-refractivity contribution < 1.29 is 9.53 Å². The topological polar surface area (TPSA) is 26.3 Å². The summed E-state index contributed by atoms with van der Waals surface area (Å²) in [6.07, 6.45) is 5.13. The van der Waals surface area contributed by atoms with Crippen LogP contribution in [-0.4, -0.2) is 12.4 Å². The summed E-state index contributed by atoms with van der Waals surface area (Å²) < 4.78 is 5.75. The third-order valence-corrected chi connectivity index (χ3v) is 3.65. The Balaban J connectivity index is 2.06. The minimum Gasteiger partial charge on any atom is -0.493 e. The number of fused-ring (bicyclic) bond motifs is 1. The summed E-state index contributed by atoms with van der Waals surface area (Å²) in [4.78, 5) is 12.2. The van der Waals surface area contributed by atoms with Crippen molar-refractivity contribution in [3.8, 4) is 5.75 Å². The summed E-state index contributed by atoms with van der Waals surface area (Å²) in [5, 5.41) is 0.651. The second-order valence-electron chi connectivity index (χ2n) is 4.89. The van der Waals surface area contributed by atoms with Gasteiger partial charge in [0.15, 0.2) is 5.78 Å². The fourth-order valence-electron chi connectivity index (χ4n) is 2.35. The van der Waals surface area contributed by atoms with Gasteiger partial charge in [0.25, 0.3) is 0 Å². The van der Waals surface area contributed by atoms with Crippen molar-refractivity contribution in [1.82, 2.24) is 0 Å². The first-order chi connectivity index (χ1) is 8.25. The van der Waals surface area contributed by atoms with Crippen molar-refractivity contribution in [2.24, 2.45) is 5.92 Å². The first-order valence-electron chi connectivity index (χ1n) is 6.25. The molecule has 0 atom stereocenters. The maximum absolute atomic E-state index is 12.2. The summed E-state index contributed by atoms with van der Waals surface area (Å²) in [6.45, 7) is 0.708. The summed E-state index contributed by atoms with van der Waals surface area (Å²) in [5.74, 6) is 1.22. The third-order valence-electron chi connectivity index (χ3n) is 3.43. The smallest absolute Gasteiger partial charge is 0.169 e. The van der Waals surface area contributed by atoms with Gasteiger partial charge in [-0.1, -0.05) is 11.6 Å². The second kappa shape index (κ2) is 4.34. The molecule has 2 aliphatic rings.